The van der Waals surface area contributed by atoms with Crippen molar-refractivity contribution in [3.63, 3.8) is 0 Å². The number of aromatic nitrogens is 1. The topological polar surface area (TPSA) is 45.6 Å². The summed E-state index contributed by atoms with van der Waals surface area (Å²) in [5.74, 6) is 1.13. The van der Waals surface area contributed by atoms with Crippen LogP contribution in [0.5, 0.6) is 5.88 Å². The quantitative estimate of drug-likeness (QED) is 0.926. The van der Waals surface area contributed by atoms with Crippen LogP contribution in [0.3, 0.4) is 0 Å². The smallest absolute Gasteiger partial charge is 0.212 e. The van der Waals surface area contributed by atoms with Gasteiger partial charge in [-0.1, -0.05) is 18.9 Å². The lowest BCUT2D eigenvalue weighted by Gasteiger charge is -2.37. The monoisotopic (exact) mass is 290 g/mol. The molecule has 1 aromatic rings. The third-order valence-corrected chi connectivity index (χ3v) is 5.08. The minimum absolute atomic E-state index is 0.0988. The summed E-state index contributed by atoms with van der Waals surface area (Å²) in [5.41, 5.74) is 1.23. The first-order chi connectivity index (χ1) is 10.3. The molecule has 1 saturated heterocycles. The van der Waals surface area contributed by atoms with Crippen molar-refractivity contribution in [2.24, 2.45) is 5.92 Å². The van der Waals surface area contributed by atoms with Crippen molar-refractivity contribution in [1.29, 1.82) is 0 Å². The molecule has 4 heteroatoms. The number of aliphatic hydroxyl groups is 1. The Morgan fingerprint density at radius 2 is 2.10 bits per heavy atom. The van der Waals surface area contributed by atoms with Crippen LogP contribution in [0.15, 0.2) is 18.3 Å². The maximum atomic E-state index is 10.3. The lowest BCUT2D eigenvalue weighted by Crippen LogP contribution is -2.42. The van der Waals surface area contributed by atoms with Gasteiger partial charge in [-0.25, -0.2) is 4.98 Å². The van der Waals surface area contributed by atoms with Crippen LogP contribution in [0.4, 0.5) is 0 Å². The third-order valence-electron chi connectivity index (χ3n) is 5.08. The molecule has 0 amide bonds. The van der Waals surface area contributed by atoms with Crippen LogP contribution in [0.2, 0.25) is 0 Å². The molecular formula is C17H26N2O2. The fraction of sp³-hybridized carbons (Fsp3) is 0.706. The van der Waals surface area contributed by atoms with E-state index in [0.717, 1.165) is 19.5 Å². The van der Waals surface area contributed by atoms with Gasteiger partial charge >= 0.3 is 0 Å². The summed E-state index contributed by atoms with van der Waals surface area (Å²) < 4.78 is 5.11. The average molecular weight is 290 g/mol. The van der Waals surface area contributed by atoms with Gasteiger partial charge in [0.15, 0.2) is 0 Å². The highest BCUT2D eigenvalue weighted by molar-refractivity contribution is 5.18. The highest BCUT2D eigenvalue weighted by atomic mass is 16.5. The van der Waals surface area contributed by atoms with Crippen LogP contribution in [-0.4, -0.2) is 40.8 Å². The van der Waals surface area contributed by atoms with Gasteiger partial charge < -0.3 is 9.84 Å². The molecule has 0 aromatic carbocycles. The van der Waals surface area contributed by atoms with Crippen LogP contribution in [0.1, 0.15) is 44.1 Å². The van der Waals surface area contributed by atoms with E-state index in [1.807, 2.05) is 12.3 Å². The largest absolute Gasteiger partial charge is 0.481 e. The summed E-state index contributed by atoms with van der Waals surface area (Å²) >= 11 is 0. The molecule has 0 radical (unpaired) electrons. The Hall–Kier alpha value is -1.13. The van der Waals surface area contributed by atoms with Crippen molar-refractivity contribution in [1.82, 2.24) is 9.88 Å². The summed E-state index contributed by atoms with van der Waals surface area (Å²) in [6.07, 6.45) is 8.91. The Balaban J connectivity index is 1.65. The normalized spacial score (nSPS) is 30.5. The lowest BCUT2D eigenvalue weighted by molar-refractivity contribution is 0.0201. The van der Waals surface area contributed by atoms with E-state index in [-0.39, 0.29) is 6.10 Å². The van der Waals surface area contributed by atoms with Gasteiger partial charge in [0.2, 0.25) is 5.88 Å². The lowest BCUT2D eigenvalue weighted by atomic mass is 9.80. The number of rotatable bonds is 4. The second-order valence-electron chi connectivity index (χ2n) is 6.40. The number of pyridine rings is 1. The van der Waals surface area contributed by atoms with E-state index in [0.29, 0.717) is 17.8 Å². The van der Waals surface area contributed by atoms with E-state index in [2.05, 4.69) is 16.0 Å². The molecule has 4 nitrogen and oxygen atoms in total. The van der Waals surface area contributed by atoms with Gasteiger partial charge in [-0.3, -0.25) is 4.90 Å². The van der Waals surface area contributed by atoms with Gasteiger partial charge in [0.25, 0.3) is 0 Å². The molecule has 2 fully saturated rings. The maximum absolute atomic E-state index is 10.3. The van der Waals surface area contributed by atoms with Crippen LogP contribution in [0, 0.1) is 5.92 Å². The zero-order valence-electron chi connectivity index (χ0n) is 12.9. The number of ether oxygens (including phenoxy) is 1. The molecule has 1 aliphatic carbocycles. The first-order valence-electron chi connectivity index (χ1n) is 8.19. The summed E-state index contributed by atoms with van der Waals surface area (Å²) in [6.45, 7) is 2.07. The number of aliphatic hydroxyl groups excluding tert-OH is 1. The van der Waals surface area contributed by atoms with Crippen LogP contribution < -0.4 is 4.74 Å². The second kappa shape index (κ2) is 6.75. The highest BCUT2D eigenvalue weighted by Crippen LogP contribution is 2.35. The van der Waals surface area contributed by atoms with Gasteiger partial charge in [0.1, 0.15) is 0 Å². The SMILES string of the molecule is COc1ccc(CN2CCC[C@@H]2[C@@H]2CCCC[C@@H]2O)cn1. The van der Waals surface area contributed by atoms with Crippen LogP contribution in [-0.2, 0) is 6.54 Å². The van der Waals surface area contributed by atoms with E-state index in [9.17, 15) is 5.11 Å². The molecule has 1 aliphatic heterocycles. The second-order valence-corrected chi connectivity index (χ2v) is 6.40. The molecule has 0 spiro atoms. The van der Waals surface area contributed by atoms with Crippen molar-refractivity contribution in [3.8, 4) is 5.88 Å². The van der Waals surface area contributed by atoms with Gasteiger partial charge in [-0.2, -0.15) is 0 Å². The molecule has 3 atom stereocenters. The van der Waals surface area contributed by atoms with Crippen molar-refractivity contribution in [3.05, 3.63) is 23.9 Å². The molecule has 1 saturated carbocycles. The predicted molar refractivity (Wildman–Crippen MR) is 82.2 cm³/mol. The molecule has 2 heterocycles. The number of hydrogen-bond donors (Lipinski definition) is 1. The summed E-state index contributed by atoms with van der Waals surface area (Å²) in [6, 6.07) is 4.57. The Kier molecular flexibility index (Phi) is 4.76. The van der Waals surface area contributed by atoms with Gasteiger partial charge in [-0.05, 0) is 37.8 Å². The molecule has 1 N–H and O–H groups in total. The zero-order chi connectivity index (χ0) is 14.7. The minimum atomic E-state index is -0.0988. The van der Waals surface area contributed by atoms with E-state index in [1.54, 1.807) is 7.11 Å². The van der Waals surface area contributed by atoms with Crippen molar-refractivity contribution in [2.75, 3.05) is 13.7 Å². The Bertz CT molecular complexity index is 449. The highest BCUT2D eigenvalue weighted by Gasteiger charge is 2.36. The summed E-state index contributed by atoms with van der Waals surface area (Å²) in [7, 11) is 1.64. The van der Waals surface area contributed by atoms with Crippen molar-refractivity contribution >= 4 is 0 Å². The predicted octanol–water partition coefficient (Wildman–Crippen LogP) is 2.61. The van der Waals surface area contributed by atoms with E-state index in [1.165, 1.54) is 37.7 Å². The van der Waals surface area contributed by atoms with E-state index >= 15 is 0 Å². The zero-order valence-corrected chi connectivity index (χ0v) is 12.9. The van der Waals surface area contributed by atoms with E-state index in [4.69, 9.17) is 4.74 Å². The van der Waals surface area contributed by atoms with Gasteiger partial charge in [0.05, 0.1) is 13.2 Å². The molecule has 1 aromatic heterocycles. The number of nitrogens with zero attached hydrogens (tertiary/aromatic N) is 2. The first kappa shape index (κ1) is 14.8. The first-order valence-corrected chi connectivity index (χ1v) is 8.19. The minimum Gasteiger partial charge on any atom is -0.481 e. The Morgan fingerprint density at radius 3 is 2.81 bits per heavy atom. The fourth-order valence-electron chi connectivity index (χ4n) is 3.98. The fourth-order valence-corrected chi connectivity index (χ4v) is 3.98. The standard InChI is InChI=1S/C17H26N2O2/c1-21-17-9-8-13(11-18-17)12-19-10-4-6-15(19)14-5-2-3-7-16(14)20/h8-9,11,14-16,20H,2-7,10,12H2,1H3/t14-,15+,16-/m0/s1. The summed E-state index contributed by atoms with van der Waals surface area (Å²) in [4.78, 5) is 6.84. The number of likely N-dealkylation sites (tertiary alicyclic amines) is 1. The third kappa shape index (κ3) is 3.38. The molecule has 3 rings (SSSR count). The molecule has 0 unspecified atom stereocenters. The summed E-state index contributed by atoms with van der Waals surface area (Å²) in [5, 5.41) is 10.3. The molecular weight excluding hydrogens is 264 g/mol. The molecule has 2 aliphatic rings. The Labute approximate surface area is 127 Å². The molecule has 21 heavy (non-hydrogen) atoms. The average Bonchev–Trinajstić information content (AvgIpc) is 2.96. The van der Waals surface area contributed by atoms with Crippen molar-refractivity contribution in [2.45, 2.75) is 57.2 Å². The molecule has 116 valence electrons. The van der Waals surface area contributed by atoms with Crippen molar-refractivity contribution < 1.29 is 9.84 Å². The van der Waals surface area contributed by atoms with Crippen LogP contribution >= 0.6 is 0 Å². The maximum Gasteiger partial charge on any atom is 0.212 e. The van der Waals surface area contributed by atoms with Gasteiger partial charge in [0, 0.05) is 30.8 Å². The van der Waals surface area contributed by atoms with E-state index < -0.39 is 0 Å². The number of methoxy groups -OCH3 is 1. The Morgan fingerprint density at radius 1 is 1.24 bits per heavy atom. The van der Waals surface area contributed by atoms with Crippen LogP contribution in [0.25, 0.3) is 0 Å². The number of hydrogen-bond acceptors (Lipinski definition) is 4. The molecule has 0 bridgehead atoms. The van der Waals surface area contributed by atoms with Gasteiger partial charge in [-0.15, -0.1) is 0 Å².